The summed E-state index contributed by atoms with van der Waals surface area (Å²) in [6.07, 6.45) is -0.184. The maximum Gasteiger partial charge on any atom is 0.293 e. The maximum atomic E-state index is 9.97. The molecule has 14 heavy (non-hydrogen) atoms. The van der Waals surface area contributed by atoms with E-state index in [4.69, 9.17) is 4.74 Å². The molecule has 76 valence electrons. The van der Waals surface area contributed by atoms with Crippen LogP contribution in [0.5, 0.6) is 0 Å². The second kappa shape index (κ2) is 6.16. The Balaban J connectivity index is 2.18. The van der Waals surface area contributed by atoms with E-state index < -0.39 is 0 Å². The number of hydrogen-bond donors (Lipinski definition) is 0. The van der Waals surface area contributed by atoms with E-state index in [1.165, 1.54) is 0 Å². The molecule has 1 aromatic rings. The summed E-state index contributed by atoms with van der Waals surface area (Å²) in [5.74, 6) is 0. The zero-order valence-corrected chi connectivity index (χ0v) is 8.18. The molecule has 0 saturated heterocycles. The Bertz CT molecular complexity index is 258. The quantitative estimate of drug-likeness (QED) is 0.647. The van der Waals surface area contributed by atoms with Crippen molar-refractivity contribution in [3.63, 3.8) is 0 Å². The monoisotopic (exact) mass is 194 g/mol. The van der Waals surface area contributed by atoms with Crippen molar-refractivity contribution >= 4 is 6.47 Å². The lowest BCUT2D eigenvalue weighted by molar-refractivity contribution is -0.135. The summed E-state index contributed by atoms with van der Waals surface area (Å²) in [4.78, 5) is 9.97. The standard InChI is InChI=1S/C11H14O3/c1-10(14-9-12)7-13-8-11-5-3-2-4-6-11/h2-6,9-10H,7-8H2,1H3/t10-/m1/s1. The van der Waals surface area contributed by atoms with Gasteiger partial charge in [-0.3, -0.25) is 4.79 Å². The van der Waals surface area contributed by atoms with Crippen LogP contribution in [0.4, 0.5) is 0 Å². The molecule has 0 aliphatic heterocycles. The largest absolute Gasteiger partial charge is 0.462 e. The number of carbonyl (C=O) groups is 1. The van der Waals surface area contributed by atoms with Gasteiger partial charge in [-0.1, -0.05) is 30.3 Å². The van der Waals surface area contributed by atoms with Gasteiger partial charge in [0.2, 0.25) is 0 Å². The van der Waals surface area contributed by atoms with Gasteiger partial charge in [-0.15, -0.1) is 0 Å². The van der Waals surface area contributed by atoms with Gasteiger partial charge in [0.25, 0.3) is 6.47 Å². The van der Waals surface area contributed by atoms with E-state index >= 15 is 0 Å². The first-order valence-electron chi connectivity index (χ1n) is 4.53. The van der Waals surface area contributed by atoms with Gasteiger partial charge in [0, 0.05) is 0 Å². The lowest BCUT2D eigenvalue weighted by atomic mass is 10.2. The van der Waals surface area contributed by atoms with Crippen LogP contribution in [-0.4, -0.2) is 19.2 Å². The summed E-state index contributed by atoms with van der Waals surface area (Å²) in [6, 6.07) is 9.87. The zero-order chi connectivity index (χ0) is 10.2. The fourth-order valence-electron chi connectivity index (χ4n) is 1.05. The van der Waals surface area contributed by atoms with Crippen molar-refractivity contribution in [1.29, 1.82) is 0 Å². The van der Waals surface area contributed by atoms with E-state index in [9.17, 15) is 4.79 Å². The SMILES string of the molecule is C[C@H](COCc1ccccc1)OC=O. The van der Waals surface area contributed by atoms with Crippen LogP contribution in [0.2, 0.25) is 0 Å². The minimum absolute atomic E-state index is 0.184. The third kappa shape index (κ3) is 4.05. The van der Waals surface area contributed by atoms with Gasteiger partial charge in [-0.25, -0.2) is 0 Å². The van der Waals surface area contributed by atoms with Crippen LogP contribution in [0.15, 0.2) is 30.3 Å². The highest BCUT2D eigenvalue weighted by Gasteiger charge is 2.00. The molecule has 0 radical (unpaired) electrons. The molecule has 0 aliphatic rings. The molecule has 0 heterocycles. The number of rotatable bonds is 6. The van der Waals surface area contributed by atoms with E-state index in [1.807, 2.05) is 30.3 Å². The molecule has 0 amide bonds. The van der Waals surface area contributed by atoms with E-state index in [0.717, 1.165) is 5.56 Å². The highest BCUT2D eigenvalue weighted by atomic mass is 16.6. The topological polar surface area (TPSA) is 35.5 Å². The Labute approximate surface area is 83.6 Å². The number of hydrogen-bond acceptors (Lipinski definition) is 3. The smallest absolute Gasteiger partial charge is 0.293 e. The second-order valence-electron chi connectivity index (χ2n) is 3.04. The molecule has 3 heteroatoms. The Morgan fingerprint density at radius 1 is 1.36 bits per heavy atom. The van der Waals surface area contributed by atoms with E-state index in [2.05, 4.69) is 4.74 Å². The van der Waals surface area contributed by atoms with Gasteiger partial charge in [0.1, 0.15) is 6.10 Å². The number of ether oxygens (including phenoxy) is 2. The molecule has 0 N–H and O–H groups in total. The van der Waals surface area contributed by atoms with E-state index in [-0.39, 0.29) is 6.10 Å². The molecule has 1 rings (SSSR count). The molecule has 0 aromatic heterocycles. The molecule has 0 spiro atoms. The first-order valence-corrected chi connectivity index (χ1v) is 4.53. The lowest BCUT2D eigenvalue weighted by Gasteiger charge is -2.09. The fourth-order valence-corrected chi connectivity index (χ4v) is 1.05. The average Bonchev–Trinajstić information content (AvgIpc) is 2.20. The van der Waals surface area contributed by atoms with Crippen molar-refractivity contribution in [2.24, 2.45) is 0 Å². The number of carbonyl (C=O) groups excluding carboxylic acids is 1. The van der Waals surface area contributed by atoms with Gasteiger partial charge >= 0.3 is 0 Å². The van der Waals surface area contributed by atoms with Crippen molar-refractivity contribution < 1.29 is 14.3 Å². The molecule has 0 bridgehead atoms. The summed E-state index contributed by atoms with van der Waals surface area (Å²) < 4.78 is 10.0. The van der Waals surface area contributed by atoms with Crippen molar-refractivity contribution in [1.82, 2.24) is 0 Å². The van der Waals surface area contributed by atoms with Gasteiger partial charge in [-0.05, 0) is 12.5 Å². The van der Waals surface area contributed by atoms with E-state index in [1.54, 1.807) is 6.92 Å². The minimum atomic E-state index is -0.184. The molecule has 0 saturated carbocycles. The van der Waals surface area contributed by atoms with Gasteiger partial charge in [0.15, 0.2) is 0 Å². The average molecular weight is 194 g/mol. The third-order valence-corrected chi connectivity index (χ3v) is 1.75. The molecule has 1 aromatic carbocycles. The summed E-state index contributed by atoms with van der Waals surface area (Å²) >= 11 is 0. The van der Waals surface area contributed by atoms with Crippen LogP contribution in [-0.2, 0) is 20.9 Å². The maximum absolute atomic E-state index is 9.97. The minimum Gasteiger partial charge on any atom is -0.462 e. The van der Waals surface area contributed by atoms with Gasteiger partial charge in [0.05, 0.1) is 13.2 Å². The summed E-state index contributed by atoms with van der Waals surface area (Å²) in [5, 5.41) is 0. The first kappa shape index (κ1) is 10.7. The van der Waals surface area contributed by atoms with Crippen molar-refractivity contribution in [2.75, 3.05) is 6.61 Å². The van der Waals surface area contributed by atoms with Crippen LogP contribution in [0, 0.1) is 0 Å². The normalized spacial score (nSPS) is 12.1. The Morgan fingerprint density at radius 2 is 2.07 bits per heavy atom. The van der Waals surface area contributed by atoms with Crippen LogP contribution >= 0.6 is 0 Å². The van der Waals surface area contributed by atoms with Crippen molar-refractivity contribution in [2.45, 2.75) is 19.6 Å². The third-order valence-electron chi connectivity index (χ3n) is 1.75. The van der Waals surface area contributed by atoms with Crippen molar-refractivity contribution in [3.05, 3.63) is 35.9 Å². The van der Waals surface area contributed by atoms with Crippen LogP contribution < -0.4 is 0 Å². The summed E-state index contributed by atoms with van der Waals surface area (Å²) in [5.41, 5.74) is 1.12. The fraction of sp³-hybridized carbons (Fsp3) is 0.364. The Hall–Kier alpha value is -1.35. The van der Waals surface area contributed by atoms with Gasteiger partial charge < -0.3 is 9.47 Å². The lowest BCUT2D eigenvalue weighted by Crippen LogP contribution is -2.14. The molecule has 0 fully saturated rings. The first-order chi connectivity index (χ1) is 6.83. The van der Waals surface area contributed by atoms with Crippen LogP contribution in [0.1, 0.15) is 12.5 Å². The summed E-state index contributed by atoms with van der Waals surface area (Å²) in [6.45, 7) is 3.21. The van der Waals surface area contributed by atoms with Gasteiger partial charge in [-0.2, -0.15) is 0 Å². The Morgan fingerprint density at radius 3 is 2.71 bits per heavy atom. The predicted molar refractivity (Wildman–Crippen MR) is 52.7 cm³/mol. The molecule has 1 atom stereocenters. The predicted octanol–water partition coefficient (Wildman–Crippen LogP) is 1.76. The molecular formula is C11H14O3. The summed E-state index contributed by atoms with van der Waals surface area (Å²) in [7, 11) is 0. The molecule has 3 nitrogen and oxygen atoms in total. The molecular weight excluding hydrogens is 180 g/mol. The Kier molecular flexibility index (Phi) is 4.72. The van der Waals surface area contributed by atoms with Crippen molar-refractivity contribution in [3.8, 4) is 0 Å². The van der Waals surface area contributed by atoms with Crippen LogP contribution in [0.25, 0.3) is 0 Å². The highest BCUT2D eigenvalue weighted by molar-refractivity contribution is 5.37. The zero-order valence-electron chi connectivity index (χ0n) is 8.18. The van der Waals surface area contributed by atoms with E-state index in [0.29, 0.717) is 19.7 Å². The van der Waals surface area contributed by atoms with Crippen LogP contribution in [0.3, 0.4) is 0 Å². The molecule has 0 aliphatic carbocycles. The highest BCUT2D eigenvalue weighted by Crippen LogP contribution is 2.01. The number of benzene rings is 1. The molecule has 0 unspecified atom stereocenters. The second-order valence-corrected chi connectivity index (χ2v) is 3.04.